The Kier molecular flexibility index (Phi) is 8.55. The first-order valence-electron chi connectivity index (χ1n) is 7.57. The molecule has 2 N–H and O–H groups in total. The molecule has 0 heterocycles. The number of carbonyl (C=O) groups is 2. The molecule has 0 aliphatic heterocycles. The van der Waals surface area contributed by atoms with Crippen LogP contribution in [-0.4, -0.2) is 48.8 Å². The highest BCUT2D eigenvalue weighted by Crippen LogP contribution is 2.10. The van der Waals surface area contributed by atoms with Crippen LogP contribution in [0.15, 0.2) is 24.3 Å². The third kappa shape index (κ3) is 6.45. The largest absolute Gasteiger partial charge is 0.351 e. The zero-order valence-corrected chi connectivity index (χ0v) is 13.9. The molecule has 2 amide bonds. The maximum Gasteiger partial charge on any atom is 0.251 e. The molecule has 0 saturated heterocycles. The number of carbonyl (C=O) groups excluding carboxylic acids is 2. The number of hydrogen-bond donors (Lipinski definition) is 2. The lowest BCUT2D eigenvalue weighted by molar-refractivity contribution is -0.115. The fraction of sp³-hybridized carbons (Fsp3) is 0.500. The highest BCUT2D eigenvalue weighted by atomic mass is 35.5. The van der Waals surface area contributed by atoms with Gasteiger partial charge in [0.25, 0.3) is 5.91 Å². The third-order valence-corrected chi connectivity index (χ3v) is 3.55. The number of anilines is 1. The fourth-order valence-electron chi connectivity index (χ4n) is 1.98. The number of halogens is 1. The van der Waals surface area contributed by atoms with Crippen LogP contribution < -0.4 is 10.6 Å². The van der Waals surface area contributed by atoms with Crippen LogP contribution in [0.2, 0.25) is 0 Å². The van der Waals surface area contributed by atoms with Gasteiger partial charge < -0.3 is 15.5 Å². The minimum atomic E-state index is -0.133. The summed E-state index contributed by atoms with van der Waals surface area (Å²) in [4.78, 5) is 25.7. The molecule has 5 nitrogen and oxygen atoms in total. The van der Waals surface area contributed by atoms with E-state index in [-0.39, 0.29) is 18.2 Å². The van der Waals surface area contributed by atoms with Crippen molar-refractivity contribution >= 4 is 29.1 Å². The van der Waals surface area contributed by atoms with Crippen LogP contribution in [0, 0.1) is 0 Å². The molecule has 1 rings (SSSR count). The van der Waals surface area contributed by atoms with E-state index in [1.54, 1.807) is 24.3 Å². The van der Waals surface area contributed by atoms with E-state index in [1.807, 2.05) is 0 Å². The molecule has 0 aromatic heterocycles. The molecule has 1 aromatic rings. The molecule has 122 valence electrons. The fourth-order valence-corrected chi connectivity index (χ4v) is 2.16. The summed E-state index contributed by atoms with van der Waals surface area (Å²) >= 11 is 5.50. The van der Waals surface area contributed by atoms with Gasteiger partial charge in [-0.15, -0.1) is 11.6 Å². The average Bonchev–Trinajstić information content (AvgIpc) is 2.52. The predicted molar refractivity (Wildman–Crippen MR) is 90.5 cm³/mol. The number of likely N-dealkylation sites (N-methyl/N-ethyl adjacent to an activating group) is 1. The summed E-state index contributed by atoms with van der Waals surface area (Å²) in [5, 5.41) is 5.61. The van der Waals surface area contributed by atoms with Gasteiger partial charge in [-0.3, -0.25) is 9.59 Å². The molecule has 0 bridgehead atoms. The number of amides is 2. The van der Waals surface area contributed by atoms with E-state index >= 15 is 0 Å². The lowest BCUT2D eigenvalue weighted by Crippen LogP contribution is -2.34. The van der Waals surface area contributed by atoms with Gasteiger partial charge in [-0.05, 0) is 37.4 Å². The van der Waals surface area contributed by atoms with Crippen molar-refractivity contribution in [2.45, 2.75) is 20.3 Å². The van der Waals surface area contributed by atoms with Crippen molar-refractivity contribution in [3.05, 3.63) is 29.8 Å². The van der Waals surface area contributed by atoms with Crippen LogP contribution in [-0.2, 0) is 4.79 Å². The number of nitrogens with one attached hydrogen (secondary N) is 2. The van der Waals surface area contributed by atoms with Crippen LogP contribution in [0.25, 0.3) is 0 Å². The third-order valence-electron chi connectivity index (χ3n) is 3.36. The number of hydrogen-bond acceptors (Lipinski definition) is 3. The molecule has 0 aliphatic rings. The maximum absolute atomic E-state index is 12.0. The zero-order valence-electron chi connectivity index (χ0n) is 13.2. The lowest BCUT2D eigenvalue weighted by Gasteiger charge is -2.17. The topological polar surface area (TPSA) is 61.4 Å². The monoisotopic (exact) mass is 325 g/mol. The average molecular weight is 326 g/mol. The minimum Gasteiger partial charge on any atom is -0.351 e. The molecular formula is C16H24ClN3O2. The Bertz CT molecular complexity index is 473. The quantitative estimate of drug-likeness (QED) is 0.685. The van der Waals surface area contributed by atoms with Crippen LogP contribution in [0.5, 0.6) is 0 Å². The molecule has 0 radical (unpaired) electrons. The molecule has 0 unspecified atom stereocenters. The summed E-state index contributed by atoms with van der Waals surface area (Å²) in [5.41, 5.74) is 1.24. The van der Waals surface area contributed by atoms with Gasteiger partial charge in [-0.2, -0.15) is 0 Å². The standard InChI is InChI=1S/C16H24ClN3O2/c1-3-20(4-2)12-11-18-16(22)13-5-7-14(8-6-13)19-15(21)9-10-17/h5-8H,3-4,9-12H2,1-2H3,(H,18,22)(H,19,21). The van der Waals surface area contributed by atoms with Crippen LogP contribution in [0.1, 0.15) is 30.6 Å². The van der Waals surface area contributed by atoms with Crippen molar-refractivity contribution < 1.29 is 9.59 Å². The Morgan fingerprint density at radius 1 is 1.14 bits per heavy atom. The van der Waals surface area contributed by atoms with Crippen LogP contribution in [0.3, 0.4) is 0 Å². The molecule has 6 heteroatoms. The van der Waals surface area contributed by atoms with Crippen molar-refractivity contribution in [2.24, 2.45) is 0 Å². The van der Waals surface area contributed by atoms with Gasteiger partial charge >= 0.3 is 0 Å². The van der Waals surface area contributed by atoms with Gasteiger partial charge in [-0.1, -0.05) is 13.8 Å². The second kappa shape index (κ2) is 10.2. The minimum absolute atomic E-state index is 0.106. The van der Waals surface area contributed by atoms with Crippen molar-refractivity contribution in [2.75, 3.05) is 37.4 Å². The zero-order chi connectivity index (χ0) is 16.4. The van der Waals surface area contributed by atoms with Crippen molar-refractivity contribution in [3.63, 3.8) is 0 Å². The number of nitrogens with zero attached hydrogens (tertiary/aromatic N) is 1. The highest BCUT2D eigenvalue weighted by molar-refractivity contribution is 6.19. The Morgan fingerprint density at radius 3 is 2.32 bits per heavy atom. The SMILES string of the molecule is CCN(CC)CCNC(=O)c1ccc(NC(=O)CCCl)cc1. The number of alkyl halides is 1. The van der Waals surface area contributed by atoms with Gasteiger partial charge in [0.1, 0.15) is 0 Å². The van der Waals surface area contributed by atoms with E-state index in [9.17, 15) is 9.59 Å². The Balaban J connectivity index is 2.45. The van der Waals surface area contributed by atoms with Crippen molar-refractivity contribution in [1.29, 1.82) is 0 Å². The van der Waals surface area contributed by atoms with Gasteiger partial charge in [0.15, 0.2) is 0 Å². The molecule has 1 aromatic carbocycles. The van der Waals surface area contributed by atoms with Gasteiger partial charge in [0.2, 0.25) is 5.91 Å². The van der Waals surface area contributed by atoms with Crippen LogP contribution >= 0.6 is 11.6 Å². The smallest absolute Gasteiger partial charge is 0.251 e. The molecule has 0 fully saturated rings. The molecule has 0 spiro atoms. The molecule has 0 aliphatic carbocycles. The first-order valence-corrected chi connectivity index (χ1v) is 8.10. The van der Waals surface area contributed by atoms with Gasteiger partial charge in [0, 0.05) is 36.6 Å². The Labute approximate surface area is 137 Å². The van der Waals surface area contributed by atoms with E-state index in [2.05, 4.69) is 29.4 Å². The summed E-state index contributed by atoms with van der Waals surface area (Å²) in [6.07, 6.45) is 0.273. The Hall–Kier alpha value is -1.59. The van der Waals surface area contributed by atoms with E-state index in [0.717, 1.165) is 19.6 Å². The van der Waals surface area contributed by atoms with Crippen molar-refractivity contribution in [1.82, 2.24) is 10.2 Å². The van der Waals surface area contributed by atoms with Gasteiger partial charge in [-0.25, -0.2) is 0 Å². The Morgan fingerprint density at radius 2 is 1.77 bits per heavy atom. The summed E-state index contributed by atoms with van der Waals surface area (Å²) < 4.78 is 0. The normalized spacial score (nSPS) is 10.5. The second-order valence-corrected chi connectivity index (χ2v) is 5.23. The summed E-state index contributed by atoms with van der Waals surface area (Å²) in [7, 11) is 0. The highest BCUT2D eigenvalue weighted by Gasteiger charge is 2.07. The van der Waals surface area contributed by atoms with E-state index in [1.165, 1.54) is 0 Å². The maximum atomic E-state index is 12.0. The van der Waals surface area contributed by atoms with Gasteiger partial charge in [0.05, 0.1) is 0 Å². The summed E-state index contributed by atoms with van der Waals surface area (Å²) in [6, 6.07) is 6.82. The van der Waals surface area contributed by atoms with E-state index < -0.39 is 0 Å². The molecular weight excluding hydrogens is 302 g/mol. The summed E-state index contributed by atoms with van der Waals surface area (Å²) in [6.45, 7) is 7.61. The second-order valence-electron chi connectivity index (χ2n) is 4.85. The van der Waals surface area contributed by atoms with E-state index in [0.29, 0.717) is 23.7 Å². The molecule has 0 atom stereocenters. The number of benzene rings is 1. The first-order chi connectivity index (χ1) is 10.6. The summed E-state index contributed by atoms with van der Waals surface area (Å²) in [5.74, 6) is 0.0518. The number of rotatable bonds is 9. The van der Waals surface area contributed by atoms with E-state index in [4.69, 9.17) is 11.6 Å². The lowest BCUT2D eigenvalue weighted by atomic mass is 10.2. The molecule has 22 heavy (non-hydrogen) atoms. The predicted octanol–water partition coefficient (Wildman–Crippen LogP) is 2.33. The molecule has 0 saturated carbocycles. The first kappa shape index (κ1) is 18.5. The van der Waals surface area contributed by atoms with Crippen molar-refractivity contribution in [3.8, 4) is 0 Å². The van der Waals surface area contributed by atoms with Crippen LogP contribution in [0.4, 0.5) is 5.69 Å².